The average molecular weight is 472 g/mol. The first kappa shape index (κ1) is 23.3. The van der Waals surface area contributed by atoms with Crippen LogP contribution >= 0.6 is 0 Å². The molecular weight excluding hydrogens is 449 g/mol. The van der Waals surface area contributed by atoms with E-state index in [0.29, 0.717) is 22.4 Å². The number of rotatable bonds is 6. The Morgan fingerprint density at radius 1 is 1.18 bits per heavy atom. The minimum atomic E-state index is -4.71. The highest BCUT2D eigenvalue weighted by Gasteiger charge is 2.35. The van der Waals surface area contributed by atoms with Gasteiger partial charge >= 0.3 is 6.18 Å². The Balaban J connectivity index is 1.70. The maximum atomic E-state index is 13.8. The summed E-state index contributed by atoms with van der Waals surface area (Å²) in [6.07, 6.45) is -2.88. The number of halogens is 3. The van der Waals surface area contributed by atoms with Gasteiger partial charge in [-0.25, -0.2) is 9.50 Å². The molecule has 4 aromatic rings. The van der Waals surface area contributed by atoms with E-state index < -0.39 is 23.8 Å². The van der Waals surface area contributed by atoms with Crippen molar-refractivity contribution in [3.05, 3.63) is 65.2 Å². The lowest BCUT2D eigenvalue weighted by Crippen LogP contribution is -2.27. The monoisotopic (exact) mass is 472 g/mol. The Bertz CT molecular complexity index is 1340. The van der Waals surface area contributed by atoms with Crippen LogP contribution in [0.4, 0.5) is 13.2 Å². The Morgan fingerprint density at radius 3 is 2.47 bits per heavy atom. The van der Waals surface area contributed by atoms with Crippen molar-refractivity contribution in [3.8, 4) is 17.0 Å². The molecule has 1 atom stereocenters. The first-order valence-corrected chi connectivity index (χ1v) is 10.6. The molecule has 0 bridgehead atoms. The van der Waals surface area contributed by atoms with Gasteiger partial charge < -0.3 is 10.1 Å². The number of aryl methyl sites for hydroxylation is 2. The number of alkyl halides is 3. The van der Waals surface area contributed by atoms with Crippen LogP contribution in [0.25, 0.3) is 16.9 Å². The van der Waals surface area contributed by atoms with Gasteiger partial charge in [0.15, 0.2) is 17.0 Å². The molecule has 8 nitrogen and oxygen atoms in total. The number of nitrogens with zero attached hydrogens (tertiary/aromatic N) is 5. The van der Waals surface area contributed by atoms with Crippen molar-refractivity contribution in [2.24, 2.45) is 0 Å². The molecule has 3 heterocycles. The van der Waals surface area contributed by atoms with E-state index in [1.807, 2.05) is 20.0 Å². The second-order valence-electron chi connectivity index (χ2n) is 7.77. The van der Waals surface area contributed by atoms with Gasteiger partial charge in [0.1, 0.15) is 5.75 Å². The third-order valence-electron chi connectivity index (χ3n) is 5.46. The molecule has 1 N–H and O–H groups in total. The van der Waals surface area contributed by atoms with Crippen molar-refractivity contribution in [1.29, 1.82) is 0 Å². The Labute approximate surface area is 193 Å². The number of hydrogen-bond acceptors (Lipinski definition) is 5. The highest BCUT2D eigenvalue weighted by Crippen LogP contribution is 2.32. The van der Waals surface area contributed by atoms with Gasteiger partial charge in [-0.1, -0.05) is 0 Å². The fraction of sp³-hybridized carbons (Fsp3) is 0.304. The normalized spacial score (nSPS) is 12.7. The number of fused-ring (bicyclic) bond motifs is 1. The van der Waals surface area contributed by atoms with E-state index in [0.717, 1.165) is 17.3 Å². The van der Waals surface area contributed by atoms with Crippen LogP contribution in [0.2, 0.25) is 0 Å². The number of nitrogens with one attached hydrogen (secondary N) is 1. The third-order valence-corrected chi connectivity index (χ3v) is 5.46. The molecule has 0 radical (unpaired) electrons. The van der Waals surface area contributed by atoms with Crippen molar-refractivity contribution in [2.45, 2.75) is 39.5 Å². The van der Waals surface area contributed by atoms with Crippen molar-refractivity contribution >= 4 is 11.6 Å². The van der Waals surface area contributed by atoms with E-state index in [-0.39, 0.29) is 17.0 Å². The summed E-state index contributed by atoms with van der Waals surface area (Å²) in [5.41, 5.74) is 0.856. The van der Waals surface area contributed by atoms with Crippen LogP contribution in [0.1, 0.15) is 47.3 Å². The van der Waals surface area contributed by atoms with Crippen LogP contribution in [-0.2, 0) is 12.7 Å². The number of benzene rings is 1. The third kappa shape index (κ3) is 4.45. The van der Waals surface area contributed by atoms with Gasteiger partial charge in [-0.05, 0) is 51.1 Å². The minimum Gasteiger partial charge on any atom is -0.497 e. The van der Waals surface area contributed by atoms with Gasteiger partial charge in [-0.15, -0.1) is 0 Å². The van der Waals surface area contributed by atoms with Gasteiger partial charge in [-0.3, -0.25) is 9.48 Å². The van der Waals surface area contributed by atoms with Gasteiger partial charge in [0.05, 0.1) is 24.5 Å². The van der Waals surface area contributed by atoms with E-state index in [2.05, 4.69) is 20.5 Å². The second-order valence-corrected chi connectivity index (χ2v) is 7.77. The van der Waals surface area contributed by atoms with Gasteiger partial charge in [0, 0.05) is 29.9 Å². The lowest BCUT2D eigenvalue weighted by atomic mass is 10.1. The summed E-state index contributed by atoms with van der Waals surface area (Å²) in [7, 11) is 1.50. The Morgan fingerprint density at radius 2 is 1.88 bits per heavy atom. The molecule has 1 aromatic carbocycles. The number of carbonyl (C=O) groups excluding carboxylic acids is 1. The quantitative estimate of drug-likeness (QED) is 0.448. The molecular formula is C23H23F3N6O2. The molecule has 11 heteroatoms. The first-order valence-electron chi connectivity index (χ1n) is 10.6. The second kappa shape index (κ2) is 8.81. The smallest absolute Gasteiger partial charge is 0.433 e. The van der Waals surface area contributed by atoms with Crippen LogP contribution in [0, 0.1) is 6.92 Å². The average Bonchev–Trinajstić information content (AvgIpc) is 3.41. The Kier molecular flexibility index (Phi) is 6.03. The fourth-order valence-electron chi connectivity index (χ4n) is 3.67. The number of carbonyl (C=O) groups is 1. The van der Waals surface area contributed by atoms with Crippen molar-refractivity contribution < 1.29 is 22.7 Å². The largest absolute Gasteiger partial charge is 0.497 e. The van der Waals surface area contributed by atoms with E-state index in [4.69, 9.17) is 4.74 Å². The summed E-state index contributed by atoms with van der Waals surface area (Å²) in [4.78, 5) is 17.1. The first-order chi connectivity index (χ1) is 16.1. The summed E-state index contributed by atoms with van der Waals surface area (Å²) >= 11 is 0. The topological polar surface area (TPSA) is 86.3 Å². The molecule has 0 saturated carbocycles. The van der Waals surface area contributed by atoms with Crippen molar-refractivity contribution in [1.82, 2.24) is 29.7 Å². The molecule has 1 amide bonds. The molecule has 0 saturated heterocycles. The lowest BCUT2D eigenvalue weighted by molar-refractivity contribution is -0.142. The summed E-state index contributed by atoms with van der Waals surface area (Å²) in [5.74, 6) is -0.0428. The van der Waals surface area contributed by atoms with E-state index in [9.17, 15) is 18.0 Å². The van der Waals surface area contributed by atoms with Gasteiger partial charge in [-0.2, -0.15) is 23.4 Å². The van der Waals surface area contributed by atoms with Gasteiger partial charge in [0.2, 0.25) is 0 Å². The predicted molar refractivity (Wildman–Crippen MR) is 118 cm³/mol. The molecule has 1 unspecified atom stereocenters. The molecule has 4 rings (SSSR count). The fourth-order valence-corrected chi connectivity index (χ4v) is 3.67. The molecule has 0 aliphatic rings. The standard InChI is InChI=1S/C23H23F3N6O2/c1-5-31-12-17(14(3)29-31)13(2)27-22(33)19-11-21-28-18(15-6-8-16(34-4)9-7-15)10-20(23(24,25)26)32(21)30-19/h6-13H,5H2,1-4H3,(H,27,33). The number of hydrogen-bond donors (Lipinski definition) is 1. The maximum absolute atomic E-state index is 13.8. The van der Waals surface area contributed by atoms with Crippen molar-refractivity contribution in [2.75, 3.05) is 7.11 Å². The highest BCUT2D eigenvalue weighted by molar-refractivity contribution is 5.93. The molecule has 178 valence electrons. The summed E-state index contributed by atoms with van der Waals surface area (Å²) in [5, 5.41) is 11.0. The molecule has 34 heavy (non-hydrogen) atoms. The van der Waals surface area contributed by atoms with Crippen LogP contribution in [0.3, 0.4) is 0 Å². The van der Waals surface area contributed by atoms with Crippen molar-refractivity contribution in [3.63, 3.8) is 0 Å². The number of aromatic nitrogens is 5. The highest BCUT2D eigenvalue weighted by atomic mass is 19.4. The SMILES string of the molecule is CCn1cc(C(C)NC(=O)c2cc3nc(-c4ccc(OC)cc4)cc(C(F)(F)F)n3n2)c(C)n1. The van der Waals surface area contributed by atoms with E-state index in [1.165, 1.54) is 13.2 Å². The molecule has 0 aliphatic carbocycles. The van der Waals surface area contributed by atoms with Crippen LogP contribution < -0.4 is 10.1 Å². The zero-order valence-electron chi connectivity index (χ0n) is 19.0. The molecule has 3 aromatic heterocycles. The zero-order chi connectivity index (χ0) is 24.6. The Hall–Kier alpha value is -3.89. The zero-order valence-corrected chi connectivity index (χ0v) is 19.0. The predicted octanol–water partition coefficient (Wildman–Crippen LogP) is 4.44. The maximum Gasteiger partial charge on any atom is 0.433 e. The van der Waals surface area contributed by atoms with E-state index in [1.54, 1.807) is 35.9 Å². The number of amides is 1. The van der Waals surface area contributed by atoms with Crippen LogP contribution in [-0.4, -0.2) is 37.4 Å². The van der Waals surface area contributed by atoms with Crippen LogP contribution in [0.5, 0.6) is 5.75 Å². The molecule has 0 aliphatic heterocycles. The van der Waals surface area contributed by atoms with E-state index >= 15 is 0 Å². The minimum absolute atomic E-state index is 0.0894. The van der Waals surface area contributed by atoms with Crippen LogP contribution in [0.15, 0.2) is 42.6 Å². The van der Waals surface area contributed by atoms with Gasteiger partial charge in [0.25, 0.3) is 5.91 Å². The summed E-state index contributed by atoms with van der Waals surface area (Å²) in [6, 6.07) is 8.23. The summed E-state index contributed by atoms with van der Waals surface area (Å²) < 4.78 is 49.0. The lowest BCUT2D eigenvalue weighted by Gasteiger charge is -2.12. The molecule has 0 spiro atoms. The number of methoxy groups -OCH3 is 1. The summed E-state index contributed by atoms with van der Waals surface area (Å²) in [6.45, 7) is 6.23. The number of ether oxygens (including phenoxy) is 1. The molecule has 0 fully saturated rings.